The minimum Gasteiger partial charge on any atom is -0.318 e. The molecule has 1 fully saturated rings. The van der Waals surface area contributed by atoms with Crippen LogP contribution < -0.4 is 10.2 Å². The van der Waals surface area contributed by atoms with Gasteiger partial charge in [0.05, 0.1) is 5.69 Å². The second kappa shape index (κ2) is 8.54. The molecular weight excluding hydrogens is 414 g/mol. The highest BCUT2D eigenvalue weighted by molar-refractivity contribution is 6.39. The van der Waals surface area contributed by atoms with Crippen molar-refractivity contribution in [3.63, 3.8) is 0 Å². The van der Waals surface area contributed by atoms with Crippen LogP contribution >= 0.6 is 0 Å². The van der Waals surface area contributed by atoms with Gasteiger partial charge in [-0.15, -0.1) is 0 Å². The third kappa shape index (κ3) is 4.00. The van der Waals surface area contributed by atoms with E-state index in [1.807, 2.05) is 51.1 Å². The molecule has 0 atom stereocenters. The molecule has 3 aromatic rings. The summed E-state index contributed by atoms with van der Waals surface area (Å²) in [6, 6.07) is 16.4. The van der Waals surface area contributed by atoms with Gasteiger partial charge in [0.2, 0.25) is 0 Å². The smallest absolute Gasteiger partial charge is 0.318 e. The normalized spacial score (nSPS) is 15.5. The van der Waals surface area contributed by atoms with Crippen molar-refractivity contribution in [1.29, 1.82) is 0 Å². The maximum atomic E-state index is 13.2. The topological polar surface area (TPSA) is 71.4 Å². The van der Waals surface area contributed by atoms with E-state index >= 15 is 0 Å². The highest BCUT2D eigenvalue weighted by Crippen LogP contribution is 2.29. The first-order chi connectivity index (χ1) is 15.7. The monoisotopic (exact) mass is 441 g/mol. The van der Waals surface area contributed by atoms with Gasteiger partial charge < -0.3 is 4.57 Å². The van der Waals surface area contributed by atoms with Crippen molar-refractivity contribution in [2.24, 2.45) is 0 Å². The molecule has 1 aromatic heterocycles. The predicted octanol–water partition coefficient (Wildman–Crippen LogP) is 5.19. The highest BCUT2D eigenvalue weighted by atomic mass is 16.2. The number of carbonyl (C=O) groups excluding carboxylic acids is 3. The number of urea groups is 1. The zero-order valence-electron chi connectivity index (χ0n) is 19.5. The number of rotatable bonds is 4. The van der Waals surface area contributed by atoms with Gasteiger partial charge >= 0.3 is 6.03 Å². The number of nitrogens with zero attached hydrogens (tertiary/aromatic N) is 2. The minimum absolute atomic E-state index is 0.0763. The number of carbonyl (C=O) groups is 3. The number of barbiturate groups is 1. The summed E-state index contributed by atoms with van der Waals surface area (Å²) in [6.45, 7) is 10.2. The van der Waals surface area contributed by atoms with Gasteiger partial charge in [0.25, 0.3) is 11.8 Å². The molecule has 4 amide bonds. The Labute approximate surface area is 193 Å². The molecule has 1 saturated heterocycles. The maximum absolute atomic E-state index is 13.2. The van der Waals surface area contributed by atoms with Crippen LogP contribution in [-0.2, 0) is 9.59 Å². The van der Waals surface area contributed by atoms with Crippen molar-refractivity contribution < 1.29 is 14.4 Å². The van der Waals surface area contributed by atoms with Crippen LogP contribution in [0.2, 0.25) is 0 Å². The van der Waals surface area contributed by atoms with E-state index in [-0.39, 0.29) is 5.57 Å². The summed E-state index contributed by atoms with van der Waals surface area (Å²) in [4.78, 5) is 39.3. The molecule has 33 heavy (non-hydrogen) atoms. The van der Waals surface area contributed by atoms with Crippen molar-refractivity contribution in [1.82, 2.24) is 9.88 Å². The lowest BCUT2D eigenvalue weighted by atomic mass is 10.0. The number of nitrogens with one attached hydrogen (secondary N) is 1. The van der Waals surface area contributed by atoms with Crippen LogP contribution in [-0.4, -0.2) is 22.4 Å². The van der Waals surface area contributed by atoms with Gasteiger partial charge in [0.1, 0.15) is 5.57 Å². The van der Waals surface area contributed by atoms with E-state index in [1.54, 1.807) is 18.2 Å². The Hall–Kier alpha value is -3.93. The molecule has 1 aliphatic heterocycles. The van der Waals surface area contributed by atoms with Crippen molar-refractivity contribution in [3.8, 4) is 5.69 Å². The van der Waals surface area contributed by atoms with Crippen molar-refractivity contribution in [2.75, 3.05) is 4.90 Å². The molecule has 6 nitrogen and oxygen atoms in total. The predicted molar refractivity (Wildman–Crippen MR) is 130 cm³/mol. The summed E-state index contributed by atoms with van der Waals surface area (Å²) in [6.07, 6.45) is 1.57. The maximum Gasteiger partial charge on any atom is 0.335 e. The lowest BCUT2D eigenvalue weighted by Crippen LogP contribution is -2.54. The second-order valence-corrected chi connectivity index (χ2v) is 8.67. The van der Waals surface area contributed by atoms with Crippen LogP contribution in [0.25, 0.3) is 11.8 Å². The number of imide groups is 2. The number of hydrogen-bond donors (Lipinski definition) is 1. The largest absolute Gasteiger partial charge is 0.335 e. The van der Waals surface area contributed by atoms with Gasteiger partial charge in [0, 0.05) is 17.1 Å². The Morgan fingerprint density at radius 3 is 2.24 bits per heavy atom. The first kappa shape index (κ1) is 22.3. The molecule has 0 radical (unpaired) electrons. The number of anilines is 1. The number of aromatic nitrogens is 1. The Balaban J connectivity index is 1.78. The quantitative estimate of drug-likeness (QED) is 0.447. The Morgan fingerprint density at radius 2 is 1.58 bits per heavy atom. The number of para-hydroxylation sites is 1. The summed E-state index contributed by atoms with van der Waals surface area (Å²) in [5.74, 6) is -0.996. The van der Waals surface area contributed by atoms with Gasteiger partial charge in [0.15, 0.2) is 0 Å². The Morgan fingerprint density at radius 1 is 0.909 bits per heavy atom. The SMILES string of the molecule is Cc1ccc(N2C(=O)NC(=O)/C(=C\c3cc(C)n(-c4ccccc4C(C)C)c3C)C2=O)cc1. The number of hydrogen-bond acceptors (Lipinski definition) is 3. The second-order valence-electron chi connectivity index (χ2n) is 8.67. The highest BCUT2D eigenvalue weighted by Gasteiger charge is 2.37. The minimum atomic E-state index is -0.748. The lowest BCUT2D eigenvalue weighted by molar-refractivity contribution is -0.122. The molecule has 6 heteroatoms. The standard InChI is InChI=1S/C27H27N3O3/c1-16(2)22-8-6-7-9-24(22)29-18(4)14-20(19(29)5)15-23-25(31)28-27(33)30(26(23)32)21-12-10-17(3)11-13-21/h6-16H,1-5H3,(H,28,31,33)/b23-15+. The lowest BCUT2D eigenvalue weighted by Gasteiger charge is -2.26. The molecule has 0 unspecified atom stereocenters. The van der Waals surface area contributed by atoms with Gasteiger partial charge in [-0.05, 0) is 68.2 Å². The molecule has 0 aliphatic carbocycles. The third-order valence-electron chi connectivity index (χ3n) is 5.96. The first-order valence-corrected chi connectivity index (χ1v) is 11.0. The van der Waals surface area contributed by atoms with Crippen LogP contribution in [0.3, 0.4) is 0 Å². The molecule has 4 rings (SSSR count). The molecule has 1 N–H and O–H groups in total. The van der Waals surface area contributed by atoms with Gasteiger partial charge in [-0.3, -0.25) is 14.9 Å². The summed E-state index contributed by atoms with van der Waals surface area (Å²) in [5, 5.41) is 2.29. The fourth-order valence-electron chi connectivity index (χ4n) is 4.23. The molecule has 0 bridgehead atoms. The van der Waals surface area contributed by atoms with Crippen LogP contribution in [0.5, 0.6) is 0 Å². The number of benzene rings is 2. The van der Waals surface area contributed by atoms with Gasteiger partial charge in [-0.2, -0.15) is 0 Å². The van der Waals surface area contributed by atoms with E-state index in [4.69, 9.17) is 0 Å². The first-order valence-electron chi connectivity index (χ1n) is 11.0. The average Bonchev–Trinajstić information content (AvgIpc) is 3.05. The summed E-state index contributed by atoms with van der Waals surface area (Å²) in [7, 11) is 0. The van der Waals surface area contributed by atoms with E-state index in [2.05, 4.69) is 35.9 Å². The van der Waals surface area contributed by atoms with E-state index in [9.17, 15) is 14.4 Å². The third-order valence-corrected chi connectivity index (χ3v) is 5.96. The van der Waals surface area contributed by atoms with Crippen molar-refractivity contribution in [3.05, 3.63) is 88.2 Å². The van der Waals surface area contributed by atoms with E-state index in [0.29, 0.717) is 11.6 Å². The fraction of sp³-hybridized carbons (Fsp3) is 0.222. The summed E-state index contributed by atoms with van der Waals surface area (Å²) in [5.41, 5.74) is 6.27. The van der Waals surface area contributed by atoms with Crippen molar-refractivity contribution in [2.45, 2.75) is 40.5 Å². The zero-order chi connectivity index (χ0) is 23.9. The molecule has 0 spiro atoms. The molecule has 2 aromatic carbocycles. The summed E-state index contributed by atoms with van der Waals surface area (Å²) < 4.78 is 2.13. The fourth-order valence-corrected chi connectivity index (χ4v) is 4.23. The molecule has 0 saturated carbocycles. The van der Waals surface area contributed by atoms with Crippen molar-refractivity contribution >= 4 is 29.6 Å². The summed E-state index contributed by atoms with van der Waals surface area (Å²) >= 11 is 0. The number of aryl methyl sites for hydroxylation is 2. The van der Waals surface area contributed by atoms with Crippen LogP contribution in [0.1, 0.15) is 47.8 Å². The average molecular weight is 442 g/mol. The van der Waals surface area contributed by atoms with Gasteiger partial charge in [-0.25, -0.2) is 9.69 Å². The molecule has 168 valence electrons. The van der Waals surface area contributed by atoms with E-state index in [1.165, 1.54) is 5.56 Å². The number of amides is 4. The van der Waals surface area contributed by atoms with Gasteiger partial charge in [-0.1, -0.05) is 49.7 Å². The Kier molecular flexibility index (Phi) is 5.77. The molecular formula is C27H27N3O3. The van der Waals surface area contributed by atoms with Crippen LogP contribution in [0.4, 0.5) is 10.5 Å². The van der Waals surface area contributed by atoms with Crippen LogP contribution in [0, 0.1) is 20.8 Å². The Bertz CT molecular complexity index is 1300. The molecule has 1 aliphatic rings. The van der Waals surface area contributed by atoms with E-state index < -0.39 is 17.8 Å². The van der Waals surface area contributed by atoms with E-state index in [0.717, 1.165) is 33.1 Å². The molecule has 2 heterocycles. The van der Waals surface area contributed by atoms with Crippen LogP contribution in [0.15, 0.2) is 60.2 Å². The zero-order valence-corrected chi connectivity index (χ0v) is 19.5.